The number of aryl methyl sites for hydroxylation is 2. The van der Waals surface area contributed by atoms with E-state index in [4.69, 9.17) is 0 Å². The number of nitrogens with zero attached hydrogens (tertiary/aromatic N) is 1. The van der Waals surface area contributed by atoms with E-state index in [0.717, 1.165) is 21.8 Å². The molecular formula is C12H13BrN2S. The lowest BCUT2D eigenvalue weighted by Crippen LogP contribution is -2.01. The lowest BCUT2D eigenvalue weighted by atomic mass is 10.2. The van der Waals surface area contributed by atoms with Crippen LogP contribution < -0.4 is 5.32 Å². The highest BCUT2D eigenvalue weighted by Gasteiger charge is 1.99. The van der Waals surface area contributed by atoms with Gasteiger partial charge in [0.15, 0.2) is 0 Å². The smallest absolute Gasteiger partial charge is 0.126 e. The van der Waals surface area contributed by atoms with Crippen LogP contribution in [0.1, 0.15) is 16.8 Å². The molecule has 0 fully saturated rings. The Morgan fingerprint density at radius 2 is 2.12 bits per heavy atom. The van der Waals surface area contributed by atoms with Gasteiger partial charge in [-0.2, -0.15) is 0 Å². The first-order valence-corrected chi connectivity index (χ1v) is 6.73. The Balaban J connectivity index is 2.04. The van der Waals surface area contributed by atoms with Crippen LogP contribution in [0.25, 0.3) is 0 Å². The molecule has 2 heterocycles. The van der Waals surface area contributed by atoms with Gasteiger partial charge in [-0.15, -0.1) is 11.3 Å². The van der Waals surface area contributed by atoms with Crippen LogP contribution >= 0.6 is 27.3 Å². The van der Waals surface area contributed by atoms with E-state index in [-0.39, 0.29) is 0 Å². The third-order valence-corrected chi connectivity index (χ3v) is 3.75. The van der Waals surface area contributed by atoms with Gasteiger partial charge >= 0.3 is 0 Å². The van der Waals surface area contributed by atoms with Crippen molar-refractivity contribution in [2.75, 3.05) is 5.32 Å². The maximum absolute atomic E-state index is 4.44. The quantitative estimate of drug-likeness (QED) is 0.921. The topological polar surface area (TPSA) is 24.9 Å². The van der Waals surface area contributed by atoms with E-state index in [1.807, 2.05) is 6.92 Å². The van der Waals surface area contributed by atoms with Crippen molar-refractivity contribution >= 4 is 33.1 Å². The summed E-state index contributed by atoms with van der Waals surface area (Å²) in [6.07, 6.45) is 0. The molecule has 0 saturated heterocycles. The SMILES string of the molecule is Cc1cc(C)nc(NCc2csc(Br)c2)c1. The summed E-state index contributed by atoms with van der Waals surface area (Å²) in [6, 6.07) is 6.26. The van der Waals surface area contributed by atoms with Crippen molar-refractivity contribution in [3.8, 4) is 0 Å². The zero-order chi connectivity index (χ0) is 11.5. The van der Waals surface area contributed by atoms with Crippen molar-refractivity contribution in [3.63, 3.8) is 0 Å². The van der Waals surface area contributed by atoms with Gasteiger partial charge in [-0.3, -0.25) is 0 Å². The minimum Gasteiger partial charge on any atom is -0.366 e. The molecule has 0 bridgehead atoms. The molecule has 0 atom stereocenters. The predicted octanol–water partition coefficient (Wildman–Crippen LogP) is 4.13. The Morgan fingerprint density at radius 1 is 1.31 bits per heavy atom. The van der Waals surface area contributed by atoms with Gasteiger partial charge in [0.2, 0.25) is 0 Å². The fraction of sp³-hybridized carbons (Fsp3) is 0.250. The van der Waals surface area contributed by atoms with Gasteiger partial charge in [0.05, 0.1) is 3.79 Å². The molecule has 0 saturated carbocycles. The summed E-state index contributed by atoms with van der Waals surface area (Å²) in [5, 5.41) is 5.47. The van der Waals surface area contributed by atoms with Gasteiger partial charge in [-0.1, -0.05) is 0 Å². The van der Waals surface area contributed by atoms with Crippen molar-refractivity contribution in [1.29, 1.82) is 0 Å². The molecule has 16 heavy (non-hydrogen) atoms. The Bertz CT molecular complexity index is 473. The molecule has 0 aliphatic carbocycles. The largest absolute Gasteiger partial charge is 0.366 e. The van der Waals surface area contributed by atoms with Crippen LogP contribution in [0.5, 0.6) is 0 Å². The number of rotatable bonds is 3. The van der Waals surface area contributed by atoms with Gasteiger partial charge < -0.3 is 5.32 Å². The van der Waals surface area contributed by atoms with Crippen LogP contribution in [-0.4, -0.2) is 4.98 Å². The average Bonchev–Trinajstić information content (AvgIpc) is 2.60. The second-order valence-electron chi connectivity index (χ2n) is 3.78. The number of pyridine rings is 1. The number of nitrogens with one attached hydrogen (secondary N) is 1. The molecule has 4 heteroatoms. The third kappa shape index (κ3) is 3.06. The van der Waals surface area contributed by atoms with Crippen LogP contribution in [0.4, 0.5) is 5.82 Å². The molecule has 0 radical (unpaired) electrons. The van der Waals surface area contributed by atoms with Crippen LogP contribution in [0, 0.1) is 13.8 Å². The Labute approximate surface area is 108 Å². The summed E-state index contributed by atoms with van der Waals surface area (Å²) in [6.45, 7) is 4.92. The van der Waals surface area contributed by atoms with Crippen molar-refractivity contribution < 1.29 is 0 Å². The molecule has 1 N–H and O–H groups in total. The first kappa shape index (κ1) is 11.6. The zero-order valence-electron chi connectivity index (χ0n) is 9.25. The molecule has 2 rings (SSSR count). The van der Waals surface area contributed by atoms with Gasteiger partial charge in [-0.05, 0) is 64.5 Å². The lowest BCUT2D eigenvalue weighted by molar-refractivity contribution is 1.09. The molecule has 0 unspecified atom stereocenters. The fourth-order valence-corrected chi connectivity index (χ4v) is 2.77. The van der Waals surface area contributed by atoms with E-state index < -0.39 is 0 Å². The first-order valence-electron chi connectivity index (χ1n) is 5.05. The molecule has 2 nitrogen and oxygen atoms in total. The summed E-state index contributed by atoms with van der Waals surface area (Å²) in [5.41, 5.74) is 3.56. The second-order valence-corrected chi connectivity index (χ2v) is 6.07. The van der Waals surface area contributed by atoms with Crippen LogP contribution in [0.3, 0.4) is 0 Å². The van der Waals surface area contributed by atoms with Gasteiger partial charge in [0.1, 0.15) is 5.82 Å². The lowest BCUT2D eigenvalue weighted by Gasteiger charge is -2.06. The number of aromatic nitrogens is 1. The number of halogens is 1. The molecule has 0 aliphatic heterocycles. The van der Waals surface area contributed by atoms with E-state index in [0.29, 0.717) is 0 Å². The number of anilines is 1. The Hall–Kier alpha value is -0.870. The van der Waals surface area contributed by atoms with Crippen LogP contribution in [0.15, 0.2) is 27.4 Å². The van der Waals surface area contributed by atoms with Crippen LogP contribution in [-0.2, 0) is 6.54 Å². The highest BCUT2D eigenvalue weighted by molar-refractivity contribution is 9.11. The minimum absolute atomic E-state index is 0.817. The zero-order valence-corrected chi connectivity index (χ0v) is 11.7. The third-order valence-electron chi connectivity index (χ3n) is 2.19. The van der Waals surface area contributed by atoms with E-state index in [1.54, 1.807) is 11.3 Å². The van der Waals surface area contributed by atoms with Crippen molar-refractivity contribution in [1.82, 2.24) is 4.98 Å². The average molecular weight is 297 g/mol. The summed E-state index contributed by atoms with van der Waals surface area (Å²) < 4.78 is 1.16. The van der Waals surface area contributed by atoms with E-state index in [2.05, 4.69) is 56.7 Å². The summed E-state index contributed by atoms with van der Waals surface area (Å²) in [7, 11) is 0. The summed E-state index contributed by atoms with van der Waals surface area (Å²) in [4.78, 5) is 4.44. The normalized spacial score (nSPS) is 10.4. The van der Waals surface area contributed by atoms with Gasteiger partial charge in [-0.25, -0.2) is 4.98 Å². The first-order chi connectivity index (χ1) is 7.63. The molecule has 0 amide bonds. The maximum Gasteiger partial charge on any atom is 0.126 e. The van der Waals surface area contributed by atoms with Crippen molar-refractivity contribution in [2.45, 2.75) is 20.4 Å². The fourth-order valence-electron chi connectivity index (χ4n) is 1.56. The second kappa shape index (κ2) is 4.97. The molecule has 0 aromatic carbocycles. The predicted molar refractivity (Wildman–Crippen MR) is 73.1 cm³/mol. The highest BCUT2D eigenvalue weighted by atomic mass is 79.9. The van der Waals surface area contributed by atoms with E-state index >= 15 is 0 Å². The highest BCUT2D eigenvalue weighted by Crippen LogP contribution is 2.21. The minimum atomic E-state index is 0.817. The Kier molecular flexibility index (Phi) is 3.61. The number of hydrogen-bond acceptors (Lipinski definition) is 3. The standard InChI is InChI=1S/C12H13BrN2S/c1-8-3-9(2)15-12(4-8)14-6-10-5-11(13)16-7-10/h3-5,7H,6H2,1-2H3,(H,14,15). The number of hydrogen-bond donors (Lipinski definition) is 1. The molecule has 0 aliphatic rings. The Morgan fingerprint density at radius 3 is 2.75 bits per heavy atom. The molecule has 0 spiro atoms. The number of thiophene rings is 1. The maximum atomic E-state index is 4.44. The van der Waals surface area contributed by atoms with E-state index in [1.165, 1.54) is 11.1 Å². The van der Waals surface area contributed by atoms with E-state index in [9.17, 15) is 0 Å². The van der Waals surface area contributed by atoms with Gasteiger partial charge in [0.25, 0.3) is 0 Å². The summed E-state index contributed by atoms with van der Waals surface area (Å²) in [5.74, 6) is 0.944. The van der Waals surface area contributed by atoms with Crippen molar-refractivity contribution in [2.24, 2.45) is 0 Å². The summed E-state index contributed by atoms with van der Waals surface area (Å²) >= 11 is 5.16. The van der Waals surface area contributed by atoms with Crippen LogP contribution in [0.2, 0.25) is 0 Å². The molecule has 84 valence electrons. The van der Waals surface area contributed by atoms with Gasteiger partial charge in [0, 0.05) is 12.2 Å². The molecular weight excluding hydrogens is 284 g/mol. The monoisotopic (exact) mass is 296 g/mol. The molecule has 2 aromatic rings. The van der Waals surface area contributed by atoms with Crippen molar-refractivity contribution in [3.05, 3.63) is 44.2 Å². The molecule has 2 aromatic heterocycles.